The number of hydrogen-bond donors (Lipinski definition) is 3. The quantitative estimate of drug-likeness (QED) is 0.473. The molecule has 1 heterocycles. The maximum absolute atomic E-state index is 13.2. The number of amides is 4. The zero-order valence-corrected chi connectivity index (χ0v) is 20.8. The average molecular weight is 476 g/mol. The molecule has 0 aromatic heterocycles. The van der Waals surface area contributed by atoms with Gasteiger partial charge in [0.15, 0.2) is 0 Å². The first kappa shape index (κ1) is 25.8. The lowest BCUT2D eigenvalue weighted by Crippen LogP contribution is -2.51. The van der Waals surface area contributed by atoms with Crippen molar-refractivity contribution in [2.75, 3.05) is 27.3 Å². The maximum atomic E-state index is 13.2. The van der Waals surface area contributed by atoms with Gasteiger partial charge in [-0.25, -0.2) is 4.79 Å². The van der Waals surface area contributed by atoms with Gasteiger partial charge >= 0.3 is 6.03 Å². The Kier molecular flexibility index (Phi) is 7.75. The van der Waals surface area contributed by atoms with Crippen LogP contribution in [-0.2, 0) is 9.59 Å². The summed E-state index contributed by atoms with van der Waals surface area (Å²) in [5, 5.41) is 16.0. The Labute approximate surface area is 201 Å². The molecule has 0 bridgehead atoms. The molecule has 0 radical (unpaired) electrons. The van der Waals surface area contributed by atoms with Crippen LogP contribution in [0.25, 0.3) is 0 Å². The van der Waals surface area contributed by atoms with Crippen LogP contribution in [0.1, 0.15) is 64.5 Å². The molecule has 1 aliphatic carbocycles. The molecule has 4 amide bonds. The molecule has 3 rings (SSSR count). The molecule has 2 fully saturated rings. The van der Waals surface area contributed by atoms with E-state index in [2.05, 4.69) is 31.4 Å². The van der Waals surface area contributed by atoms with Crippen LogP contribution in [-0.4, -0.2) is 60.7 Å². The number of benzene rings is 1. The molecule has 9 heteroatoms. The molecule has 1 aromatic carbocycles. The predicted molar refractivity (Wildman–Crippen MR) is 127 cm³/mol. The second-order valence-corrected chi connectivity index (χ2v) is 9.95. The summed E-state index contributed by atoms with van der Waals surface area (Å²) < 4.78 is 10.5. The zero-order chi connectivity index (χ0) is 25.1. The van der Waals surface area contributed by atoms with E-state index < -0.39 is 30.1 Å². The molecule has 1 aliphatic heterocycles. The fourth-order valence-corrected chi connectivity index (χ4v) is 4.96. The third-order valence-electron chi connectivity index (χ3n) is 7.69. The number of imide groups is 1. The van der Waals surface area contributed by atoms with Crippen LogP contribution in [0.15, 0.2) is 18.2 Å². The first-order valence-corrected chi connectivity index (χ1v) is 11.9. The van der Waals surface area contributed by atoms with Gasteiger partial charge in [0.05, 0.1) is 20.3 Å². The van der Waals surface area contributed by atoms with E-state index in [9.17, 15) is 19.5 Å². The van der Waals surface area contributed by atoms with E-state index >= 15 is 0 Å². The van der Waals surface area contributed by atoms with Crippen molar-refractivity contribution in [2.45, 2.75) is 64.5 Å². The molecular weight excluding hydrogens is 438 g/mol. The van der Waals surface area contributed by atoms with Crippen LogP contribution in [0.5, 0.6) is 11.5 Å². The lowest BCUT2D eigenvalue weighted by molar-refractivity contribution is -0.136. The fourth-order valence-electron chi connectivity index (χ4n) is 4.96. The van der Waals surface area contributed by atoms with Crippen LogP contribution >= 0.6 is 0 Å². The van der Waals surface area contributed by atoms with Gasteiger partial charge in [-0.3, -0.25) is 14.5 Å². The number of methoxy groups -OCH3 is 2. The second kappa shape index (κ2) is 10.2. The molecule has 1 atom stereocenters. The van der Waals surface area contributed by atoms with Crippen molar-refractivity contribution < 1.29 is 29.0 Å². The van der Waals surface area contributed by atoms with Crippen molar-refractivity contribution in [2.24, 2.45) is 11.3 Å². The Balaban J connectivity index is 1.58. The zero-order valence-electron chi connectivity index (χ0n) is 20.8. The van der Waals surface area contributed by atoms with E-state index in [1.165, 1.54) is 14.2 Å². The van der Waals surface area contributed by atoms with Crippen LogP contribution in [0.3, 0.4) is 0 Å². The number of urea groups is 1. The second-order valence-electron chi connectivity index (χ2n) is 9.95. The molecule has 1 spiro atoms. The van der Waals surface area contributed by atoms with Gasteiger partial charge < -0.3 is 25.2 Å². The number of nitrogens with zero attached hydrogens (tertiary/aromatic N) is 1. The van der Waals surface area contributed by atoms with Gasteiger partial charge in [-0.2, -0.15) is 0 Å². The summed E-state index contributed by atoms with van der Waals surface area (Å²) in [6.45, 7) is 6.17. The van der Waals surface area contributed by atoms with Crippen molar-refractivity contribution in [1.82, 2.24) is 15.5 Å². The average Bonchev–Trinajstić information content (AvgIpc) is 3.06. The summed E-state index contributed by atoms with van der Waals surface area (Å²) in [5.74, 6) is 0.640. The van der Waals surface area contributed by atoms with Gasteiger partial charge in [0, 0.05) is 12.1 Å². The van der Waals surface area contributed by atoms with Gasteiger partial charge in [0.2, 0.25) is 5.91 Å². The van der Waals surface area contributed by atoms with Gasteiger partial charge in [-0.15, -0.1) is 0 Å². The Morgan fingerprint density at radius 3 is 2.53 bits per heavy atom. The van der Waals surface area contributed by atoms with Crippen molar-refractivity contribution in [1.29, 1.82) is 0 Å². The van der Waals surface area contributed by atoms with Crippen molar-refractivity contribution in [3.63, 3.8) is 0 Å². The van der Waals surface area contributed by atoms with Crippen LogP contribution in [0.2, 0.25) is 0 Å². The highest BCUT2D eigenvalue weighted by atomic mass is 16.5. The summed E-state index contributed by atoms with van der Waals surface area (Å²) >= 11 is 0. The first-order valence-electron chi connectivity index (χ1n) is 11.9. The Morgan fingerprint density at radius 1 is 1.26 bits per heavy atom. The van der Waals surface area contributed by atoms with Crippen molar-refractivity contribution in [3.8, 4) is 11.5 Å². The third-order valence-corrected chi connectivity index (χ3v) is 7.69. The van der Waals surface area contributed by atoms with Crippen LogP contribution in [0.4, 0.5) is 4.79 Å². The molecule has 188 valence electrons. The number of carbonyl (C=O) groups is 3. The summed E-state index contributed by atoms with van der Waals surface area (Å²) in [7, 11) is 3.00. The summed E-state index contributed by atoms with van der Waals surface area (Å²) in [6.07, 6.45) is 2.89. The highest BCUT2D eigenvalue weighted by molar-refractivity contribution is 6.09. The van der Waals surface area contributed by atoms with Crippen molar-refractivity contribution in [3.05, 3.63) is 23.8 Å². The number of nitrogens with one attached hydrogen (secondary N) is 2. The van der Waals surface area contributed by atoms with Crippen LogP contribution in [0, 0.1) is 11.3 Å². The Bertz CT molecular complexity index is 923. The number of hydrogen-bond acceptors (Lipinski definition) is 6. The lowest BCUT2D eigenvalue weighted by atomic mass is 9.65. The number of ether oxygens (including phenoxy) is 2. The Morgan fingerprint density at radius 2 is 1.94 bits per heavy atom. The molecule has 2 aliphatic rings. The third kappa shape index (κ3) is 5.14. The highest BCUT2D eigenvalue weighted by Crippen LogP contribution is 2.45. The van der Waals surface area contributed by atoms with Gasteiger partial charge in [-0.05, 0) is 55.2 Å². The molecule has 34 heavy (non-hydrogen) atoms. The number of rotatable bonds is 9. The summed E-state index contributed by atoms with van der Waals surface area (Å²) in [5.41, 5.74) is -0.257. The van der Waals surface area contributed by atoms with Crippen molar-refractivity contribution >= 4 is 17.8 Å². The van der Waals surface area contributed by atoms with Gasteiger partial charge in [-0.1, -0.05) is 27.2 Å². The minimum atomic E-state index is -1.05. The van der Waals surface area contributed by atoms with E-state index in [-0.39, 0.29) is 17.9 Å². The van der Waals surface area contributed by atoms with E-state index in [1.807, 2.05) is 0 Å². The molecule has 1 saturated heterocycles. The normalized spacial score (nSPS) is 23.6. The molecular formula is C25H37N3O6. The fraction of sp³-hybridized carbons (Fsp3) is 0.640. The van der Waals surface area contributed by atoms with Crippen LogP contribution < -0.4 is 20.1 Å². The SMILES string of the molecule is CCC(C)(C)C1CCC2(CC1)NC(=O)N(CC(=O)NCC(O)c1cc(OC)ccc1OC)C2=O. The number of aliphatic hydroxyl groups excluding tert-OH is 1. The molecule has 1 saturated carbocycles. The minimum absolute atomic E-state index is 0.106. The Hall–Kier alpha value is -2.81. The monoisotopic (exact) mass is 475 g/mol. The molecule has 1 aromatic rings. The van der Waals surface area contributed by atoms with E-state index in [0.717, 1.165) is 24.2 Å². The van der Waals surface area contributed by atoms with E-state index in [1.54, 1.807) is 18.2 Å². The summed E-state index contributed by atoms with van der Waals surface area (Å²) in [4.78, 5) is 39.3. The largest absolute Gasteiger partial charge is 0.497 e. The lowest BCUT2D eigenvalue weighted by Gasteiger charge is -2.42. The first-order chi connectivity index (χ1) is 16.1. The number of carbonyl (C=O) groups excluding carboxylic acids is 3. The minimum Gasteiger partial charge on any atom is -0.497 e. The van der Waals surface area contributed by atoms with E-state index in [4.69, 9.17) is 9.47 Å². The summed E-state index contributed by atoms with van der Waals surface area (Å²) in [6, 6.07) is 4.47. The molecule has 9 nitrogen and oxygen atoms in total. The maximum Gasteiger partial charge on any atom is 0.325 e. The standard InChI is InChI=1S/C25H37N3O6/c1-6-24(2,3)16-9-11-25(12-10-16)22(31)28(23(32)27-25)15-21(30)26-14-19(29)18-13-17(33-4)7-8-20(18)34-5/h7-8,13,16,19,29H,6,9-12,14-15H2,1-5H3,(H,26,30)(H,27,32). The van der Waals surface area contributed by atoms with E-state index in [0.29, 0.717) is 35.8 Å². The smallest absolute Gasteiger partial charge is 0.325 e. The molecule has 3 N–H and O–H groups in total. The number of aliphatic hydroxyl groups is 1. The highest BCUT2D eigenvalue weighted by Gasteiger charge is 2.53. The molecule has 1 unspecified atom stereocenters. The predicted octanol–water partition coefficient (Wildman–Crippen LogP) is 2.77. The van der Waals surface area contributed by atoms with Gasteiger partial charge in [0.1, 0.15) is 23.6 Å². The van der Waals surface area contributed by atoms with Gasteiger partial charge in [0.25, 0.3) is 5.91 Å². The topological polar surface area (TPSA) is 117 Å².